The summed E-state index contributed by atoms with van der Waals surface area (Å²) in [5.41, 5.74) is 0.652. The Labute approximate surface area is 117 Å². The number of aliphatic hydroxyl groups excluding tert-OH is 1. The summed E-state index contributed by atoms with van der Waals surface area (Å²) in [7, 11) is 0. The molecule has 0 bridgehead atoms. The minimum Gasteiger partial charge on any atom is -0.392 e. The van der Waals surface area contributed by atoms with E-state index < -0.39 is 17.8 Å². The van der Waals surface area contributed by atoms with Gasteiger partial charge in [0.15, 0.2) is 0 Å². The average Bonchev–Trinajstić information content (AvgIpc) is 2.72. The number of rotatable bonds is 1. The van der Waals surface area contributed by atoms with Crippen molar-refractivity contribution in [2.75, 3.05) is 6.54 Å². The lowest BCUT2D eigenvalue weighted by Crippen LogP contribution is -2.22. The molecule has 2 N–H and O–H groups in total. The van der Waals surface area contributed by atoms with Gasteiger partial charge in [-0.3, -0.25) is 0 Å². The van der Waals surface area contributed by atoms with Gasteiger partial charge in [-0.2, -0.15) is 13.2 Å². The molecule has 0 spiro atoms. The van der Waals surface area contributed by atoms with Crippen molar-refractivity contribution in [3.8, 4) is 0 Å². The second-order valence-electron chi connectivity index (χ2n) is 6.40. The third kappa shape index (κ3) is 3.15. The van der Waals surface area contributed by atoms with Crippen molar-refractivity contribution in [2.45, 2.75) is 50.9 Å². The number of halogens is 3. The Bertz CT molecular complexity index is 491. The summed E-state index contributed by atoms with van der Waals surface area (Å²) in [6.07, 6.45) is -4.39. The first kappa shape index (κ1) is 15.3. The normalized spacial score (nSPS) is 24.1. The third-order valence-corrected chi connectivity index (χ3v) is 3.67. The van der Waals surface area contributed by atoms with Crippen LogP contribution in [-0.4, -0.2) is 17.8 Å². The first-order valence-electron chi connectivity index (χ1n) is 6.72. The summed E-state index contributed by atoms with van der Waals surface area (Å²) in [5, 5.41) is 12.7. The highest BCUT2D eigenvalue weighted by molar-refractivity contribution is 5.40. The molecular formula is C15H20F3NO. The van der Waals surface area contributed by atoms with E-state index >= 15 is 0 Å². The van der Waals surface area contributed by atoms with Gasteiger partial charge in [-0.15, -0.1) is 0 Å². The topological polar surface area (TPSA) is 32.3 Å². The molecule has 0 aliphatic carbocycles. The highest BCUT2D eigenvalue weighted by Gasteiger charge is 2.34. The van der Waals surface area contributed by atoms with Gasteiger partial charge >= 0.3 is 6.18 Å². The lowest BCUT2D eigenvalue weighted by Gasteiger charge is -2.27. The predicted molar refractivity (Wildman–Crippen MR) is 71.5 cm³/mol. The van der Waals surface area contributed by atoms with Gasteiger partial charge in [0.05, 0.1) is 11.7 Å². The number of hydrogen-bond donors (Lipinski definition) is 2. The van der Waals surface area contributed by atoms with Crippen molar-refractivity contribution in [2.24, 2.45) is 0 Å². The SMILES string of the molecule is CC(C)(C)c1ccc(C(F)(F)F)cc1C1CC(O)CN1. The van der Waals surface area contributed by atoms with Gasteiger partial charge in [0.1, 0.15) is 0 Å². The van der Waals surface area contributed by atoms with Crippen molar-refractivity contribution in [1.82, 2.24) is 5.32 Å². The fraction of sp³-hybridized carbons (Fsp3) is 0.600. The first-order valence-corrected chi connectivity index (χ1v) is 6.72. The molecule has 20 heavy (non-hydrogen) atoms. The molecule has 2 unspecified atom stereocenters. The van der Waals surface area contributed by atoms with Crippen LogP contribution >= 0.6 is 0 Å². The molecule has 112 valence electrons. The Hall–Kier alpha value is -1.07. The van der Waals surface area contributed by atoms with Gasteiger partial charge in [-0.1, -0.05) is 26.8 Å². The minimum atomic E-state index is -4.34. The molecular weight excluding hydrogens is 267 g/mol. The van der Waals surface area contributed by atoms with Crippen LogP contribution in [0.3, 0.4) is 0 Å². The fourth-order valence-corrected chi connectivity index (χ4v) is 2.66. The average molecular weight is 287 g/mol. The quantitative estimate of drug-likeness (QED) is 0.829. The standard InChI is InChI=1S/C15H20F3NO/c1-14(2,3)12-5-4-9(15(16,17)18)6-11(12)13-7-10(20)8-19-13/h4-6,10,13,19-20H,7-8H2,1-3H3. The summed E-state index contributed by atoms with van der Waals surface area (Å²) in [4.78, 5) is 0. The highest BCUT2D eigenvalue weighted by atomic mass is 19.4. The van der Waals surface area contributed by atoms with Crippen molar-refractivity contribution in [3.63, 3.8) is 0 Å². The van der Waals surface area contributed by atoms with Crippen LogP contribution in [0.2, 0.25) is 0 Å². The van der Waals surface area contributed by atoms with E-state index in [4.69, 9.17) is 0 Å². The largest absolute Gasteiger partial charge is 0.416 e. The van der Waals surface area contributed by atoms with Crippen molar-refractivity contribution >= 4 is 0 Å². The van der Waals surface area contributed by atoms with Gasteiger partial charge in [0.25, 0.3) is 0 Å². The Morgan fingerprint density at radius 2 is 1.85 bits per heavy atom. The number of benzene rings is 1. The van der Waals surface area contributed by atoms with E-state index in [0.717, 1.165) is 11.6 Å². The van der Waals surface area contributed by atoms with E-state index in [1.807, 2.05) is 20.8 Å². The van der Waals surface area contributed by atoms with Crippen molar-refractivity contribution < 1.29 is 18.3 Å². The number of β-amino-alcohol motifs (C(OH)–C–C–N with tert-alkyl or cyclic N) is 1. The van der Waals surface area contributed by atoms with Gasteiger partial charge in [0.2, 0.25) is 0 Å². The van der Waals surface area contributed by atoms with Crippen LogP contribution < -0.4 is 5.32 Å². The van der Waals surface area contributed by atoms with E-state index in [-0.39, 0.29) is 11.5 Å². The minimum absolute atomic E-state index is 0.221. The van der Waals surface area contributed by atoms with E-state index in [2.05, 4.69) is 5.32 Å². The third-order valence-electron chi connectivity index (χ3n) is 3.67. The lowest BCUT2D eigenvalue weighted by molar-refractivity contribution is -0.137. The van der Waals surface area contributed by atoms with Gasteiger partial charge in [0, 0.05) is 12.6 Å². The Balaban J connectivity index is 2.49. The number of aliphatic hydroxyl groups is 1. The van der Waals surface area contributed by atoms with E-state index in [9.17, 15) is 18.3 Å². The molecule has 0 saturated carbocycles. The van der Waals surface area contributed by atoms with Crippen LogP contribution in [0.25, 0.3) is 0 Å². The Morgan fingerprint density at radius 3 is 2.30 bits per heavy atom. The molecule has 5 heteroatoms. The molecule has 1 aromatic carbocycles. The molecule has 0 radical (unpaired) electrons. The first-order chi connectivity index (χ1) is 9.09. The molecule has 0 aromatic heterocycles. The zero-order chi connectivity index (χ0) is 15.1. The molecule has 2 nitrogen and oxygen atoms in total. The maximum atomic E-state index is 12.9. The Morgan fingerprint density at radius 1 is 1.20 bits per heavy atom. The molecule has 2 atom stereocenters. The number of hydrogen-bond acceptors (Lipinski definition) is 2. The molecule has 1 fully saturated rings. The summed E-state index contributed by atoms with van der Waals surface area (Å²) in [6.45, 7) is 6.35. The summed E-state index contributed by atoms with van der Waals surface area (Å²) in [6, 6.07) is 3.69. The van der Waals surface area contributed by atoms with Crippen LogP contribution in [0.1, 0.15) is 49.9 Å². The summed E-state index contributed by atoms with van der Waals surface area (Å²) < 4.78 is 38.7. The fourth-order valence-electron chi connectivity index (χ4n) is 2.66. The van der Waals surface area contributed by atoms with E-state index in [1.165, 1.54) is 6.07 Å². The Kier molecular flexibility index (Phi) is 3.86. The van der Waals surface area contributed by atoms with Crippen molar-refractivity contribution in [3.05, 3.63) is 34.9 Å². The zero-order valence-corrected chi connectivity index (χ0v) is 11.9. The van der Waals surface area contributed by atoms with Gasteiger partial charge in [-0.25, -0.2) is 0 Å². The molecule has 0 amide bonds. The predicted octanol–water partition coefficient (Wildman–Crippen LogP) is 3.40. The highest BCUT2D eigenvalue weighted by Crippen LogP contribution is 2.38. The lowest BCUT2D eigenvalue weighted by atomic mass is 9.80. The van der Waals surface area contributed by atoms with Crippen LogP contribution in [0, 0.1) is 0 Å². The molecule has 2 rings (SSSR count). The monoisotopic (exact) mass is 287 g/mol. The number of nitrogens with one attached hydrogen (secondary N) is 1. The van der Waals surface area contributed by atoms with Crippen LogP contribution in [0.4, 0.5) is 13.2 Å². The van der Waals surface area contributed by atoms with Crippen LogP contribution in [0.15, 0.2) is 18.2 Å². The van der Waals surface area contributed by atoms with Gasteiger partial charge < -0.3 is 10.4 Å². The van der Waals surface area contributed by atoms with E-state index in [0.29, 0.717) is 18.5 Å². The maximum absolute atomic E-state index is 12.9. The molecule has 1 aromatic rings. The molecule has 1 saturated heterocycles. The molecule has 1 aliphatic rings. The second-order valence-corrected chi connectivity index (χ2v) is 6.40. The molecule has 1 aliphatic heterocycles. The smallest absolute Gasteiger partial charge is 0.392 e. The summed E-state index contributed by atoms with van der Waals surface area (Å²) in [5.74, 6) is 0. The van der Waals surface area contributed by atoms with Crippen LogP contribution in [0.5, 0.6) is 0 Å². The maximum Gasteiger partial charge on any atom is 0.416 e. The summed E-state index contributed by atoms with van der Waals surface area (Å²) >= 11 is 0. The second kappa shape index (κ2) is 5.04. The number of alkyl halides is 3. The van der Waals surface area contributed by atoms with Crippen LogP contribution in [-0.2, 0) is 11.6 Å². The van der Waals surface area contributed by atoms with Gasteiger partial charge in [-0.05, 0) is 35.1 Å². The van der Waals surface area contributed by atoms with E-state index in [1.54, 1.807) is 6.07 Å². The molecule has 1 heterocycles. The zero-order valence-electron chi connectivity index (χ0n) is 11.9. The van der Waals surface area contributed by atoms with Crippen molar-refractivity contribution in [1.29, 1.82) is 0 Å².